The van der Waals surface area contributed by atoms with Crippen LogP contribution in [0.4, 0.5) is 5.00 Å². The quantitative estimate of drug-likeness (QED) is 0.619. The molecule has 1 aliphatic heterocycles. The molecule has 59 valence electrons. The average Bonchev–Trinajstić information content (AvgIpc) is 2.58. The lowest BCUT2D eigenvalue weighted by Gasteiger charge is -2.26. The lowest BCUT2D eigenvalue weighted by atomic mass is 10.1. The maximum absolute atomic E-state index is 3.13. The minimum absolute atomic E-state index is 1.24. The molecule has 1 nitrogen and oxygen atoms in total. The summed E-state index contributed by atoms with van der Waals surface area (Å²) in [6, 6.07) is 4.17. The molecule has 0 bridgehead atoms. The fourth-order valence-electron chi connectivity index (χ4n) is 1.52. The van der Waals surface area contributed by atoms with Gasteiger partial charge in [-0.2, -0.15) is 0 Å². The molecule has 0 spiro atoms. The van der Waals surface area contributed by atoms with Crippen LogP contribution >= 0.6 is 11.3 Å². The zero-order valence-corrected chi connectivity index (χ0v) is 7.36. The van der Waals surface area contributed by atoms with Gasteiger partial charge in [0.25, 0.3) is 0 Å². The van der Waals surface area contributed by atoms with E-state index < -0.39 is 0 Å². The van der Waals surface area contributed by atoms with E-state index in [-0.39, 0.29) is 0 Å². The molecular formula is C9H12NS. The van der Waals surface area contributed by atoms with E-state index in [2.05, 4.69) is 16.3 Å². The van der Waals surface area contributed by atoms with Gasteiger partial charge in [-0.15, -0.1) is 11.3 Å². The van der Waals surface area contributed by atoms with Gasteiger partial charge in [0.15, 0.2) is 0 Å². The molecule has 1 aromatic rings. The van der Waals surface area contributed by atoms with Crippen LogP contribution in [0.5, 0.6) is 0 Å². The molecule has 1 aromatic heterocycles. The van der Waals surface area contributed by atoms with Crippen LogP contribution in [0.3, 0.4) is 0 Å². The monoisotopic (exact) mass is 166 g/mol. The van der Waals surface area contributed by atoms with Crippen LogP contribution in [-0.4, -0.2) is 13.1 Å². The summed E-state index contributed by atoms with van der Waals surface area (Å²) in [5.74, 6) is 0. The molecule has 0 saturated carbocycles. The minimum atomic E-state index is 1.24. The normalized spacial score (nSPS) is 18.7. The number of anilines is 1. The molecule has 2 heteroatoms. The van der Waals surface area contributed by atoms with E-state index in [0.29, 0.717) is 0 Å². The van der Waals surface area contributed by atoms with Gasteiger partial charge in [0.2, 0.25) is 0 Å². The highest BCUT2D eigenvalue weighted by molar-refractivity contribution is 7.13. The Labute approximate surface area is 71.7 Å². The summed E-state index contributed by atoms with van der Waals surface area (Å²) in [5.41, 5.74) is 0. The molecule has 0 aromatic carbocycles. The molecule has 0 amide bonds. The standard InChI is InChI=1S/C9H12NS/c1-2-6-10(7-3-1)9-5-4-8-11-9/h4-5H,1-3,6-7H2. The second-order valence-corrected chi connectivity index (χ2v) is 3.80. The summed E-state index contributed by atoms with van der Waals surface area (Å²) >= 11 is 1.73. The van der Waals surface area contributed by atoms with E-state index in [1.54, 1.807) is 11.3 Å². The van der Waals surface area contributed by atoms with E-state index in [4.69, 9.17) is 0 Å². The zero-order valence-electron chi connectivity index (χ0n) is 6.55. The van der Waals surface area contributed by atoms with Gasteiger partial charge in [0.05, 0.1) is 5.00 Å². The number of hydrogen-bond donors (Lipinski definition) is 0. The van der Waals surface area contributed by atoms with Gasteiger partial charge in [-0.3, -0.25) is 0 Å². The summed E-state index contributed by atoms with van der Waals surface area (Å²) in [4.78, 5) is 2.46. The zero-order chi connectivity index (χ0) is 7.52. The van der Waals surface area contributed by atoms with Crippen LogP contribution in [0, 0.1) is 5.38 Å². The summed E-state index contributed by atoms with van der Waals surface area (Å²) in [7, 11) is 0. The third kappa shape index (κ3) is 1.56. The lowest BCUT2D eigenvalue weighted by molar-refractivity contribution is 0.580. The van der Waals surface area contributed by atoms with Gasteiger partial charge >= 0.3 is 0 Å². The highest BCUT2D eigenvalue weighted by Crippen LogP contribution is 2.23. The number of thiophene rings is 1. The molecule has 1 aliphatic rings. The highest BCUT2D eigenvalue weighted by Gasteiger charge is 2.10. The van der Waals surface area contributed by atoms with Gasteiger partial charge in [0.1, 0.15) is 0 Å². The average molecular weight is 166 g/mol. The summed E-state index contributed by atoms with van der Waals surface area (Å²) < 4.78 is 0. The number of hydrogen-bond acceptors (Lipinski definition) is 2. The molecule has 0 atom stereocenters. The van der Waals surface area contributed by atoms with E-state index in [1.165, 1.54) is 37.4 Å². The fraction of sp³-hybridized carbons (Fsp3) is 0.556. The minimum Gasteiger partial charge on any atom is -0.363 e. The molecule has 1 fully saturated rings. The Bertz CT molecular complexity index is 199. The molecule has 2 rings (SSSR count). The predicted octanol–water partition coefficient (Wildman–Crippen LogP) is 2.54. The maximum Gasteiger partial charge on any atom is 0.0915 e. The Hall–Kier alpha value is -0.500. The van der Waals surface area contributed by atoms with Crippen molar-refractivity contribution in [2.45, 2.75) is 19.3 Å². The van der Waals surface area contributed by atoms with E-state index in [0.717, 1.165) is 0 Å². The molecule has 1 saturated heterocycles. The first-order valence-corrected chi connectivity index (χ1v) is 4.99. The number of piperidine rings is 1. The van der Waals surface area contributed by atoms with E-state index in [9.17, 15) is 0 Å². The Balaban J connectivity index is 2.04. The highest BCUT2D eigenvalue weighted by atomic mass is 32.1. The molecule has 11 heavy (non-hydrogen) atoms. The van der Waals surface area contributed by atoms with Gasteiger partial charge in [0, 0.05) is 18.5 Å². The van der Waals surface area contributed by atoms with Gasteiger partial charge < -0.3 is 4.90 Å². The first-order chi connectivity index (χ1) is 5.47. The smallest absolute Gasteiger partial charge is 0.0915 e. The van der Waals surface area contributed by atoms with Gasteiger partial charge in [-0.25, -0.2) is 0 Å². The van der Waals surface area contributed by atoms with Crippen LogP contribution in [0.25, 0.3) is 0 Å². The third-order valence-corrected chi connectivity index (χ3v) is 2.98. The van der Waals surface area contributed by atoms with Crippen molar-refractivity contribution in [3.05, 3.63) is 17.5 Å². The fourth-order valence-corrected chi connectivity index (χ4v) is 2.22. The second-order valence-electron chi connectivity index (χ2n) is 2.94. The third-order valence-electron chi connectivity index (χ3n) is 2.13. The topological polar surface area (TPSA) is 3.24 Å². The van der Waals surface area contributed by atoms with Crippen LogP contribution in [0.15, 0.2) is 12.1 Å². The molecule has 0 aliphatic carbocycles. The largest absolute Gasteiger partial charge is 0.363 e. The first-order valence-electron chi connectivity index (χ1n) is 4.17. The Morgan fingerprint density at radius 2 is 2.09 bits per heavy atom. The SMILES string of the molecule is [c]1ccc(N2CCCCC2)s1. The molecule has 2 heterocycles. The Morgan fingerprint density at radius 3 is 2.73 bits per heavy atom. The summed E-state index contributed by atoms with van der Waals surface area (Å²) in [6.45, 7) is 2.49. The van der Waals surface area contributed by atoms with Crippen molar-refractivity contribution >= 4 is 16.3 Å². The molecule has 1 radical (unpaired) electrons. The van der Waals surface area contributed by atoms with E-state index in [1.807, 2.05) is 6.07 Å². The van der Waals surface area contributed by atoms with E-state index >= 15 is 0 Å². The van der Waals surface area contributed by atoms with Gasteiger partial charge in [-0.1, -0.05) is 0 Å². The Kier molecular flexibility index (Phi) is 2.13. The molecule has 0 N–H and O–H groups in total. The lowest BCUT2D eigenvalue weighted by Crippen LogP contribution is -2.28. The summed E-state index contributed by atoms with van der Waals surface area (Å²) in [6.07, 6.45) is 4.13. The van der Waals surface area contributed by atoms with Crippen molar-refractivity contribution in [2.75, 3.05) is 18.0 Å². The van der Waals surface area contributed by atoms with Gasteiger partial charge in [-0.05, 0) is 31.4 Å². The van der Waals surface area contributed by atoms with Crippen molar-refractivity contribution in [2.24, 2.45) is 0 Å². The van der Waals surface area contributed by atoms with Crippen LogP contribution < -0.4 is 4.90 Å². The van der Waals surface area contributed by atoms with Crippen molar-refractivity contribution in [1.29, 1.82) is 0 Å². The second kappa shape index (κ2) is 3.26. The maximum atomic E-state index is 3.13. The van der Waals surface area contributed by atoms with Crippen molar-refractivity contribution in [1.82, 2.24) is 0 Å². The van der Waals surface area contributed by atoms with Crippen LogP contribution in [-0.2, 0) is 0 Å². The Morgan fingerprint density at radius 1 is 1.27 bits per heavy atom. The van der Waals surface area contributed by atoms with Crippen molar-refractivity contribution in [3.63, 3.8) is 0 Å². The number of rotatable bonds is 1. The van der Waals surface area contributed by atoms with Crippen LogP contribution in [0.2, 0.25) is 0 Å². The first kappa shape index (κ1) is 7.17. The van der Waals surface area contributed by atoms with Crippen molar-refractivity contribution in [3.8, 4) is 0 Å². The predicted molar refractivity (Wildman–Crippen MR) is 49.2 cm³/mol. The molecular weight excluding hydrogens is 154 g/mol. The summed E-state index contributed by atoms with van der Waals surface area (Å²) in [5, 5.41) is 4.52. The molecule has 0 unspecified atom stereocenters. The van der Waals surface area contributed by atoms with Crippen molar-refractivity contribution < 1.29 is 0 Å². The van der Waals surface area contributed by atoms with Crippen LogP contribution in [0.1, 0.15) is 19.3 Å². The number of nitrogens with zero attached hydrogens (tertiary/aromatic N) is 1.